The van der Waals surface area contributed by atoms with Gasteiger partial charge in [0.15, 0.2) is 5.69 Å². The SMILES string of the molecule is C=C(C)C(=C)c1ccc2c(n1)CNCC21CCN(C(=O)c2ccc(OC)nc2C(F)(F)F)CC1.CCC. The molecular weight excluding hydrogens is 481 g/mol. The van der Waals surface area contributed by atoms with Gasteiger partial charge in [0.25, 0.3) is 5.91 Å². The second kappa shape index (κ2) is 11.5. The highest BCUT2D eigenvalue weighted by Crippen LogP contribution is 2.40. The van der Waals surface area contributed by atoms with Crippen LogP contribution in [0.25, 0.3) is 5.57 Å². The molecule has 4 rings (SSSR count). The van der Waals surface area contributed by atoms with Gasteiger partial charge in [0.1, 0.15) is 0 Å². The van der Waals surface area contributed by atoms with Crippen LogP contribution in [0.4, 0.5) is 13.2 Å². The Bertz CT molecular complexity index is 1170. The van der Waals surface area contributed by atoms with Crippen molar-refractivity contribution in [2.45, 2.75) is 58.2 Å². The Kier molecular flexibility index (Phi) is 8.79. The summed E-state index contributed by atoms with van der Waals surface area (Å²) >= 11 is 0. The van der Waals surface area contributed by atoms with E-state index in [1.165, 1.54) is 24.5 Å². The van der Waals surface area contributed by atoms with Gasteiger partial charge in [0, 0.05) is 37.7 Å². The average molecular weight is 517 g/mol. The first-order valence-corrected chi connectivity index (χ1v) is 12.4. The number of piperidine rings is 1. The summed E-state index contributed by atoms with van der Waals surface area (Å²) in [5.74, 6) is -0.861. The van der Waals surface area contributed by atoms with Crippen molar-refractivity contribution in [2.24, 2.45) is 0 Å². The van der Waals surface area contributed by atoms with Gasteiger partial charge in [-0.1, -0.05) is 39.5 Å². The molecule has 0 radical (unpaired) electrons. The molecule has 0 saturated carbocycles. The van der Waals surface area contributed by atoms with Crippen LogP contribution in [0.2, 0.25) is 0 Å². The number of ether oxygens (including phenoxy) is 1. The van der Waals surface area contributed by atoms with E-state index in [1.54, 1.807) is 0 Å². The normalized spacial score (nSPS) is 16.4. The average Bonchev–Trinajstić information content (AvgIpc) is 2.88. The van der Waals surface area contributed by atoms with Gasteiger partial charge >= 0.3 is 6.18 Å². The van der Waals surface area contributed by atoms with Crippen LogP contribution in [-0.4, -0.2) is 47.5 Å². The number of carbonyl (C=O) groups is 1. The van der Waals surface area contributed by atoms with Gasteiger partial charge in [-0.25, -0.2) is 4.98 Å². The molecule has 2 aromatic rings. The number of likely N-dealkylation sites (tertiary alicyclic amines) is 1. The molecule has 0 unspecified atom stereocenters. The van der Waals surface area contributed by atoms with Crippen molar-refractivity contribution in [3.8, 4) is 5.88 Å². The Morgan fingerprint density at radius 2 is 1.78 bits per heavy atom. The number of rotatable bonds is 4. The molecule has 9 heteroatoms. The lowest BCUT2D eigenvalue weighted by molar-refractivity contribution is -0.141. The molecule has 2 aromatic heterocycles. The van der Waals surface area contributed by atoms with Crippen molar-refractivity contribution in [2.75, 3.05) is 26.7 Å². The second-order valence-electron chi connectivity index (χ2n) is 9.58. The number of hydrogen-bond donors (Lipinski definition) is 1. The predicted octanol–water partition coefficient (Wildman–Crippen LogP) is 5.79. The van der Waals surface area contributed by atoms with E-state index in [1.807, 2.05) is 13.0 Å². The van der Waals surface area contributed by atoms with Crippen LogP contribution in [-0.2, 0) is 18.1 Å². The van der Waals surface area contributed by atoms with Gasteiger partial charge in [-0.2, -0.15) is 13.2 Å². The van der Waals surface area contributed by atoms with Crippen LogP contribution < -0.4 is 10.1 Å². The summed E-state index contributed by atoms with van der Waals surface area (Å²) in [5.41, 5.74) is 2.56. The van der Waals surface area contributed by atoms with Crippen LogP contribution in [0, 0.1) is 0 Å². The molecular formula is C28H35F3N4O2. The van der Waals surface area contributed by atoms with Crippen molar-refractivity contribution in [1.29, 1.82) is 0 Å². The predicted molar refractivity (Wildman–Crippen MR) is 138 cm³/mol. The first kappa shape index (κ1) is 28.4. The van der Waals surface area contributed by atoms with Crippen LogP contribution in [0.15, 0.2) is 43.0 Å². The van der Waals surface area contributed by atoms with Gasteiger partial charge in [-0.3, -0.25) is 9.78 Å². The van der Waals surface area contributed by atoms with Crippen LogP contribution in [0.3, 0.4) is 0 Å². The number of nitrogens with zero attached hydrogens (tertiary/aromatic N) is 3. The van der Waals surface area contributed by atoms with Crippen LogP contribution >= 0.6 is 0 Å². The topological polar surface area (TPSA) is 67.4 Å². The lowest BCUT2D eigenvalue weighted by Crippen LogP contribution is -2.52. The summed E-state index contributed by atoms with van der Waals surface area (Å²) < 4.78 is 45.5. The molecule has 0 bridgehead atoms. The first-order chi connectivity index (χ1) is 17.5. The quantitative estimate of drug-likeness (QED) is 0.522. The number of carbonyl (C=O) groups excluding carboxylic acids is 1. The van der Waals surface area contributed by atoms with E-state index in [0.29, 0.717) is 32.5 Å². The van der Waals surface area contributed by atoms with E-state index in [-0.39, 0.29) is 11.3 Å². The number of allylic oxidation sites excluding steroid dienone is 2. The molecule has 2 aliphatic heterocycles. The minimum absolute atomic E-state index is 0.187. The molecule has 0 aliphatic carbocycles. The number of nitrogens with one attached hydrogen (secondary N) is 1. The fraction of sp³-hybridized carbons (Fsp3) is 0.464. The van der Waals surface area contributed by atoms with E-state index >= 15 is 0 Å². The summed E-state index contributed by atoms with van der Waals surface area (Å²) in [5, 5.41) is 3.42. The van der Waals surface area contributed by atoms with E-state index in [2.05, 4.69) is 43.4 Å². The highest BCUT2D eigenvalue weighted by molar-refractivity contribution is 5.95. The largest absolute Gasteiger partial charge is 0.481 e. The number of pyridine rings is 2. The summed E-state index contributed by atoms with van der Waals surface area (Å²) in [6.07, 6.45) is -2.28. The Morgan fingerprint density at radius 1 is 1.14 bits per heavy atom. The maximum Gasteiger partial charge on any atom is 0.434 e. The van der Waals surface area contributed by atoms with E-state index in [9.17, 15) is 18.0 Å². The van der Waals surface area contributed by atoms with E-state index in [0.717, 1.165) is 40.7 Å². The number of aromatic nitrogens is 2. The third-order valence-electron chi connectivity index (χ3n) is 6.71. The van der Waals surface area contributed by atoms with E-state index in [4.69, 9.17) is 9.72 Å². The van der Waals surface area contributed by atoms with Gasteiger partial charge in [-0.05, 0) is 48.6 Å². The molecule has 200 valence electrons. The van der Waals surface area contributed by atoms with Crippen molar-refractivity contribution >= 4 is 11.5 Å². The first-order valence-electron chi connectivity index (χ1n) is 12.4. The number of halogens is 3. The number of alkyl halides is 3. The lowest BCUT2D eigenvalue weighted by Gasteiger charge is -2.45. The molecule has 0 aromatic carbocycles. The van der Waals surface area contributed by atoms with E-state index < -0.39 is 23.3 Å². The Balaban J connectivity index is 0.00000121. The minimum atomic E-state index is -4.76. The molecule has 1 N–H and O–H groups in total. The number of fused-ring (bicyclic) bond motifs is 2. The Hall–Kier alpha value is -3.20. The maximum atomic E-state index is 13.6. The zero-order valence-electron chi connectivity index (χ0n) is 22.0. The summed E-state index contributed by atoms with van der Waals surface area (Å²) in [6.45, 7) is 16.1. The van der Waals surface area contributed by atoms with Crippen LogP contribution in [0.5, 0.6) is 5.88 Å². The molecule has 37 heavy (non-hydrogen) atoms. The number of methoxy groups -OCH3 is 1. The Labute approximate surface area is 216 Å². The highest BCUT2D eigenvalue weighted by Gasteiger charge is 2.43. The minimum Gasteiger partial charge on any atom is -0.481 e. The molecule has 4 heterocycles. The van der Waals surface area contributed by atoms with Crippen molar-refractivity contribution in [1.82, 2.24) is 20.2 Å². The lowest BCUT2D eigenvalue weighted by atomic mass is 9.70. The molecule has 0 atom stereocenters. The number of hydrogen-bond acceptors (Lipinski definition) is 5. The highest BCUT2D eigenvalue weighted by atomic mass is 19.4. The second-order valence-corrected chi connectivity index (χ2v) is 9.58. The zero-order chi connectivity index (χ0) is 27.4. The molecule has 2 aliphatic rings. The molecule has 6 nitrogen and oxygen atoms in total. The fourth-order valence-corrected chi connectivity index (χ4v) is 4.72. The Morgan fingerprint density at radius 3 is 2.35 bits per heavy atom. The van der Waals surface area contributed by atoms with Gasteiger partial charge in [-0.15, -0.1) is 0 Å². The molecule has 1 fully saturated rings. The van der Waals surface area contributed by atoms with Crippen molar-refractivity contribution < 1.29 is 22.7 Å². The summed E-state index contributed by atoms with van der Waals surface area (Å²) in [4.78, 5) is 22.8. The standard InChI is InChI=1S/C25H27F3N4O2.C3H8/c1-15(2)16(3)19-7-6-18-20(30-19)13-29-14-24(18)9-11-32(12-10-24)23(33)17-5-8-21(34-4)31-22(17)25(26,27)28;1-3-2/h5-8,29H,1,3,9-14H2,2,4H3;3H2,1-2H3. The van der Waals surface area contributed by atoms with Crippen molar-refractivity contribution in [3.05, 3.63) is 71.2 Å². The van der Waals surface area contributed by atoms with Crippen molar-refractivity contribution in [3.63, 3.8) is 0 Å². The third kappa shape index (κ3) is 6.04. The molecule has 1 amide bonds. The van der Waals surface area contributed by atoms with Crippen LogP contribution in [0.1, 0.15) is 73.0 Å². The van der Waals surface area contributed by atoms with Gasteiger partial charge < -0.3 is 15.0 Å². The fourth-order valence-electron chi connectivity index (χ4n) is 4.72. The van der Waals surface area contributed by atoms with Gasteiger partial charge in [0.05, 0.1) is 24.1 Å². The maximum absolute atomic E-state index is 13.6. The smallest absolute Gasteiger partial charge is 0.434 e. The third-order valence-corrected chi connectivity index (χ3v) is 6.71. The van der Waals surface area contributed by atoms with Gasteiger partial charge in [0.2, 0.25) is 5.88 Å². The number of amides is 1. The monoisotopic (exact) mass is 516 g/mol. The molecule has 1 saturated heterocycles. The summed E-state index contributed by atoms with van der Waals surface area (Å²) in [6, 6.07) is 6.42. The zero-order valence-corrected chi connectivity index (χ0v) is 22.0. The molecule has 1 spiro atoms. The summed E-state index contributed by atoms with van der Waals surface area (Å²) in [7, 11) is 1.23.